The lowest BCUT2D eigenvalue weighted by Crippen LogP contribution is -2.00. The molecule has 0 fully saturated rings. The lowest BCUT2D eigenvalue weighted by Gasteiger charge is -2.08. The number of nitrogens with zero attached hydrogens (tertiary/aromatic N) is 3. The molecule has 0 amide bonds. The minimum atomic E-state index is 0.575. The lowest BCUT2D eigenvalue weighted by atomic mass is 9.99. The second kappa shape index (κ2) is 10.5. The van der Waals surface area contributed by atoms with Gasteiger partial charge in [-0.3, -0.25) is 0 Å². The molecule has 4 heteroatoms. The fourth-order valence-electron chi connectivity index (χ4n) is 5.63. The first-order chi connectivity index (χ1) is 21.3. The maximum absolute atomic E-state index is 6.73. The van der Waals surface area contributed by atoms with Crippen molar-refractivity contribution in [3.05, 3.63) is 152 Å². The van der Waals surface area contributed by atoms with Gasteiger partial charge in [0.15, 0.2) is 17.5 Å². The van der Waals surface area contributed by atoms with Crippen molar-refractivity contribution in [2.45, 2.75) is 0 Å². The Morgan fingerprint density at radius 3 is 1.28 bits per heavy atom. The van der Waals surface area contributed by atoms with Crippen LogP contribution in [-0.2, 0) is 0 Å². The van der Waals surface area contributed by atoms with Gasteiger partial charge in [-0.1, -0.05) is 146 Å². The van der Waals surface area contributed by atoms with Crippen molar-refractivity contribution >= 4 is 21.9 Å². The first kappa shape index (κ1) is 24.9. The summed E-state index contributed by atoms with van der Waals surface area (Å²) in [5, 5.41) is 2.08. The fraction of sp³-hybridized carbons (Fsp3) is 0. The van der Waals surface area contributed by atoms with Crippen LogP contribution in [0.2, 0.25) is 0 Å². The molecule has 8 aromatic rings. The van der Waals surface area contributed by atoms with E-state index < -0.39 is 0 Å². The third-order valence-electron chi connectivity index (χ3n) is 7.77. The second-order valence-corrected chi connectivity index (χ2v) is 10.4. The van der Waals surface area contributed by atoms with Crippen LogP contribution in [0.25, 0.3) is 78.4 Å². The largest absolute Gasteiger partial charge is 0.455 e. The van der Waals surface area contributed by atoms with Gasteiger partial charge < -0.3 is 4.42 Å². The Morgan fingerprint density at radius 1 is 0.302 bits per heavy atom. The molecule has 0 aliphatic rings. The van der Waals surface area contributed by atoms with Gasteiger partial charge in [-0.05, 0) is 22.8 Å². The summed E-state index contributed by atoms with van der Waals surface area (Å²) in [5.74, 6) is 1.82. The van der Waals surface area contributed by atoms with E-state index in [1.54, 1.807) is 0 Å². The molecule has 0 aliphatic heterocycles. The molecule has 202 valence electrons. The first-order valence-corrected chi connectivity index (χ1v) is 14.3. The molecular weight excluding hydrogens is 526 g/mol. The molecule has 0 saturated carbocycles. The predicted octanol–water partition coefficient (Wildman–Crippen LogP) is 10.1. The highest BCUT2D eigenvalue weighted by Crippen LogP contribution is 2.40. The van der Waals surface area contributed by atoms with E-state index in [0.717, 1.165) is 49.8 Å². The summed E-state index contributed by atoms with van der Waals surface area (Å²) in [6.45, 7) is 0. The number of para-hydroxylation sites is 2. The van der Waals surface area contributed by atoms with Gasteiger partial charge in [0.1, 0.15) is 11.2 Å². The van der Waals surface area contributed by atoms with E-state index in [1.165, 1.54) is 11.1 Å². The van der Waals surface area contributed by atoms with Crippen molar-refractivity contribution in [2.75, 3.05) is 0 Å². The third-order valence-corrected chi connectivity index (χ3v) is 7.77. The van der Waals surface area contributed by atoms with Crippen LogP contribution in [0.5, 0.6) is 0 Å². The summed E-state index contributed by atoms with van der Waals surface area (Å²) < 4.78 is 6.73. The molecule has 0 unspecified atom stereocenters. The topological polar surface area (TPSA) is 51.8 Å². The van der Waals surface area contributed by atoms with Gasteiger partial charge in [0, 0.05) is 27.5 Å². The van der Waals surface area contributed by atoms with Crippen LogP contribution in [0.3, 0.4) is 0 Å². The number of furan rings is 1. The zero-order valence-electron chi connectivity index (χ0n) is 23.2. The number of rotatable bonds is 5. The highest BCUT2D eigenvalue weighted by Gasteiger charge is 2.19. The molecule has 2 heterocycles. The smallest absolute Gasteiger partial charge is 0.167 e. The van der Waals surface area contributed by atoms with Crippen molar-refractivity contribution in [3.8, 4) is 56.4 Å². The minimum absolute atomic E-state index is 0.575. The Balaban J connectivity index is 1.29. The van der Waals surface area contributed by atoms with Crippen molar-refractivity contribution in [3.63, 3.8) is 0 Å². The van der Waals surface area contributed by atoms with Gasteiger partial charge in [-0.15, -0.1) is 0 Å². The summed E-state index contributed by atoms with van der Waals surface area (Å²) in [5.41, 5.74) is 8.82. The van der Waals surface area contributed by atoms with Crippen LogP contribution >= 0.6 is 0 Å². The maximum atomic E-state index is 6.73. The maximum Gasteiger partial charge on any atom is 0.167 e. The number of hydrogen-bond donors (Lipinski definition) is 0. The zero-order chi connectivity index (χ0) is 28.6. The first-order valence-electron chi connectivity index (χ1n) is 14.3. The van der Waals surface area contributed by atoms with Crippen molar-refractivity contribution in [2.24, 2.45) is 0 Å². The highest BCUT2D eigenvalue weighted by atomic mass is 16.3. The molecule has 4 nitrogen and oxygen atoms in total. The summed E-state index contributed by atoms with van der Waals surface area (Å²) in [4.78, 5) is 14.8. The number of fused-ring (bicyclic) bond motifs is 3. The Labute approximate surface area is 249 Å². The van der Waals surface area contributed by atoms with E-state index in [4.69, 9.17) is 19.4 Å². The van der Waals surface area contributed by atoms with Crippen LogP contribution < -0.4 is 0 Å². The van der Waals surface area contributed by atoms with E-state index >= 15 is 0 Å². The molecular formula is C39H25N3O. The van der Waals surface area contributed by atoms with Gasteiger partial charge in [0.25, 0.3) is 0 Å². The summed E-state index contributed by atoms with van der Waals surface area (Å²) in [7, 11) is 0. The van der Waals surface area contributed by atoms with E-state index in [2.05, 4.69) is 72.8 Å². The molecule has 0 N–H and O–H groups in total. The molecule has 0 aliphatic carbocycles. The quantitative estimate of drug-likeness (QED) is 0.214. The Hall–Kier alpha value is -5.87. The lowest BCUT2D eigenvalue weighted by molar-refractivity contribution is 0.670. The summed E-state index contributed by atoms with van der Waals surface area (Å²) in [6, 6.07) is 51.6. The third kappa shape index (κ3) is 4.55. The molecule has 0 atom stereocenters. The van der Waals surface area contributed by atoms with Crippen molar-refractivity contribution in [1.82, 2.24) is 15.0 Å². The van der Waals surface area contributed by atoms with Crippen LogP contribution in [0.1, 0.15) is 0 Å². The fourth-order valence-corrected chi connectivity index (χ4v) is 5.63. The van der Waals surface area contributed by atoms with Gasteiger partial charge in [-0.2, -0.15) is 0 Å². The normalized spacial score (nSPS) is 11.3. The second-order valence-electron chi connectivity index (χ2n) is 10.4. The predicted molar refractivity (Wildman–Crippen MR) is 174 cm³/mol. The van der Waals surface area contributed by atoms with Gasteiger partial charge >= 0.3 is 0 Å². The molecule has 6 aromatic carbocycles. The molecule has 0 spiro atoms. The van der Waals surface area contributed by atoms with E-state index in [9.17, 15) is 0 Å². The molecule has 43 heavy (non-hydrogen) atoms. The van der Waals surface area contributed by atoms with Crippen LogP contribution in [0, 0.1) is 0 Å². The van der Waals surface area contributed by atoms with Crippen molar-refractivity contribution in [1.29, 1.82) is 0 Å². The Kier molecular flexibility index (Phi) is 6.08. The van der Waals surface area contributed by atoms with E-state index in [1.807, 2.05) is 78.9 Å². The Bertz CT molecular complexity index is 2150. The minimum Gasteiger partial charge on any atom is -0.455 e. The molecule has 8 rings (SSSR count). The number of hydrogen-bond acceptors (Lipinski definition) is 4. The van der Waals surface area contributed by atoms with E-state index in [-0.39, 0.29) is 0 Å². The van der Waals surface area contributed by atoms with Crippen molar-refractivity contribution < 1.29 is 4.42 Å². The van der Waals surface area contributed by atoms with Gasteiger partial charge in [0.05, 0.1) is 5.56 Å². The molecule has 0 bridgehead atoms. The van der Waals surface area contributed by atoms with E-state index in [0.29, 0.717) is 17.5 Å². The summed E-state index contributed by atoms with van der Waals surface area (Å²) >= 11 is 0. The number of benzene rings is 6. The van der Waals surface area contributed by atoms with Gasteiger partial charge in [-0.25, -0.2) is 15.0 Å². The van der Waals surface area contributed by atoms with Crippen LogP contribution in [0.15, 0.2) is 156 Å². The number of aromatic nitrogens is 3. The summed E-state index contributed by atoms with van der Waals surface area (Å²) in [6.07, 6.45) is 0. The van der Waals surface area contributed by atoms with Gasteiger partial charge in [0.2, 0.25) is 0 Å². The highest BCUT2D eigenvalue weighted by molar-refractivity contribution is 6.12. The molecule has 2 aromatic heterocycles. The average molecular weight is 552 g/mol. The molecule has 0 saturated heterocycles. The van der Waals surface area contributed by atoms with Crippen LogP contribution in [0.4, 0.5) is 0 Å². The Morgan fingerprint density at radius 2 is 0.721 bits per heavy atom. The zero-order valence-corrected chi connectivity index (χ0v) is 23.2. The standard InChI is InChI=1S/C39H25N3O/c1-4-12-26(13-5-1)27-22-24-28(25-23-27)31-18-10-19-32-33-20-11-21-34(36(33)43-35(31)32)39-41-37(29-14-6-2-7-15-29)40-38(42-39)30-16-8-3-9-17-30/h1-25H. The average Bonchev–Trinajstić information content (AvgIpc) is 3.49. The molecule has 0 radical (unpaired) electrons. The van der Waals surface area contributed by atoms with Crippen LogP contribution in [-0.4, -0.2) is 15.0 Å². The SMILES string of the molecule is c1ccc(-c2ccc(-c3cccc4c3oc3c(-c5nc(-c6ccccc6)nc(-c6ccccc6)n5)cccc34)cc2)cc1. The monoisotopic (exact) mass is 551 g/mol.